The van der Waals surface area contributed by atoms with E-state index in [0.29, 0.717) is 27.8 Å². The summed E-state index contributed by atoms with van der Waals surface area (Å²) in [6.07, 6.45) is 0.837. The molecule has 0 radical (unpaired) electrons. The lowest BCUT2D eigenvalue weighted by Crippen LogP contribution is -2.17. The van der Waals surface area contributed by atoms with Gasteiger partial charge in [0.05, 0.1) is 15.7 Å². The summed E-state index contributed by atoms with van der Waals surface area (Å²) < 4.78 is 6.49. The molecule has 0 bridgehead atoms. The van der Waals surface area contributed by atoms with Gasteiger partial charge in [0.1, 0.15) is 6.07 Å². The molecule has 0 aliphatic rings. The van der Waals surface area contributed by atoms with Crippen molar-refractivity contribution in [3.8, 4) is 6.07 Å². The number of benzene rings is 2. The van der Waals surface area contributed by atoms with Crippen LogP contribution in [-0.2, 0) is 6.42 Å². The van der Waals surface area contributed by atoms with E-state index >= 15 is 0 Å². The molecule has 98 valence electrons. The molecule has 0 saturated carbocycles. The number of hydrogen-bond acceptors (Lipinski definition) is 4. The van der Waals surface area contributed by atoms with Crippen molar-refractivity contribution in [2.24, 2.45) is 0 Å². The van der Waals surface area contributed by atoms with Gasteiger partial charge in [-0.2, -0.15) is 5.26 Å². The molecule has 0 aliphatic carbocycles. The van der Waals surface area contributed by atoms with Crippen LogP contribution >= 0.6 is 0 Å². The highest BCUT2D eigenvalue weighted by atomic mass is 16.3. The number of nitrogens with two attached hydrogens (primary N) is 1. The van der Waals surface area contributed by atoms with E-state index in [1.807, 2.05) is 19.1 Å². The average molecular weight is 266 g/mol. The number of fused-ring (bicyclic) bond motifs is 2. The van der Waals surface area contributed by atoms with Crippen molar-refractivity contribution in [1.29, 1.82) is 5.26 Å². The number of rotatable bonds is 1. The molecule has 0 atom stereocenters. The molecule has 0 amide bonds. The minimum Gasteiger partial charge on any atom is -0.443 e. The molecule has 0 spiro atoms. The Balaban J connectivity index is 2.48. The summed E-state index contributed by atoms with van der Waals surface area (Å²) in [4.78, 5) is 12.4. The zero-order valence-corrected chi connectivity index (χ0v) is 10.9. The summed E-state index contributed by atoms with van der Waals surface area (Å²) >= 11 is 0. The van der Waals surface area contributed by atoms with Gasteiger partial charge in [0.15, 0.2) is 0 Å². The Bertz CT molecular complexity index is 936. The van der Waals surface area contributed by atoms with Crippen LogP contribution in [0, 0.1) is 16.2 Å². The third kappa shape index (κ3) is 1.70. The first-order chi connectivity index (χ1) is 9.63. The lowest BCUT2D eigenvalue weighted by Gasteiger charge is -1.99. The Kier molecular flexibility index (Phi) is 2.65. The number of nitrogens with zero attached hydrogens (tertiary/aromatic N) is 2. The normalized spacial score (nSPS) is 10.8. The van der Waals surface area contributed by atoms with E-state index in [1.165, 1.54) is 12.1 Å². The maximum absolute atomic E-state index is 12.4. The van der Waals surface area contributed by atoms with Crippen LogP contribution in [0.4, 0.5) is 5.69 Å². The van der Waals surface area contributed by atoms with Crippen molar-refractivity contribution in [1.82, 2.24) is 0 Å². The molecule has 3 aromatic rings. The molecular formula is C15H12N3O2+. The fourth-order valence-electron chi connectivity index (χ4n) is 2.20. The first-order valence-electron chi connectivity index (χ1n) is 6.25. The van der Waals surface area contributed by atoms with Gasteiger partial charge in [-0.3, -0.25) is 0 Å². The Morgan fingerprint density at radius 2 is 2.00 bits per heavy atom. The fraction of sp³-hybridized carbons (Fsp3) is 0.133. The van der Waals surface area contributed by atoms with Crippen LogP contribution in [0.2, 0.25) is 0 Å². The van der Waals surface area contributed by atoms with Gasteiger partial charge in [0.2, 0.25) is 11.2 Å². The second kappa shape index (κ2) is 4.35. The molecule has 3 rings (SSSR count). The summed E-state index contributed by atoms with van der Waals surface area (Å²) in [7, 11) is 0. The van der Waals surface area contributed by atoms with Crippen molar-refractivity contribution in [3.05, 3.63) is 46.4 Å². The van der Waals surface area contributed by atoms with E-state index in [9.17, 15) is 4.91 Å². The van der Waals surface area contributed by atoms with Gasteiger partial charge < -0.3 is 10.2 Å². The van der Waals surface area contributed by atoms with E-state index in [1.54, 1.807) is 12.1 Å². The predicted molar refractivity (Wildman–Crippen MR) is 75.6 cm³/mol. The topological polar surface area (TPSA) is 85.9 Å². The van der Waals surface area contributed by atoms with Crippen LogP contribution in [0.25, 0.3) is 22.2 Å². The molecule has 1 heterocycles. The van der Waals surface area contributed by atoms with Crippen LogP contribution in [0.1, 0.15) is 18.1 Å². The van der Waals surface area contributed by atoms with Crippen LogP contribution in [0.15, 0.2) is 34.7 Å². The highest BCUT2D eigenvalue weighted by Crippen LogP contribution is 2.23. The van der Waals surface area contributed by atoms with Crippen LogP contribution in [0.3, 0.4) is 0 Å². The highest BCUT2D eigenvalue weighted by Gasteiger charge is 2.18. The predicted octanol–water partition coefficient (Wildman–Crippen LogP) is 2.52. The van der Waals surface area contributed by atoms with E-state index < -0.39 is 0 Å². The number of anilines is 1. The third-order valence-electron chi connectivity index (χ3n) is 3.34. The van der Waals surface area contributed by atoms with Crippen molar-refractivity contribution >= 4 is 27.9 Å². The zero-order chi connectivity index (χ0) is 14.3. The molecular weight excluding hydrogens is 254 g/mol. The minimum absolute atomic E-state index is 0.269. The van der Waals surface area contributed by atoms with E-state index in [0.717, 1.165) is 16.4 Å². The maximum atomic E-state index is 12.4. The molecule has 5 heteroatoms. The van der Waals surface area contributed by atoms with E-state index in [4.69, 9.17) is 15.4 Å². The van der Waals surface area contributed by atoms with Crippen molar-refractivity contribution < 1.29 is 8.84 Å². The lowest BCUT2D eigenvalue weighted by molar-refractivity contribution is -0.433. The minimum atomic E-state index is 0.269. The molecule has 0 saturated heterocycles. The largest absolute Gasteiger partial charge is 0.443 e. The number of nitriles is 1. The number of nitrogen functional groups attached to an aromatic ring is 1. The Morgan fingerprint density at radius 1 is 1.25 bits per heavy atom. The smallest absolute Gasteiger partial charge is 0.308 e. The maximum Gasteiger partial charge on any atom is 0.308 e. The summed E-state index contributed by atoms with van der Waals surface area (Å²) in [5.74, 6) is 0. The molecule has 2 aromatic carbocycles. The zero-order valence-electron chi connectivity index (χ0n) is 10.9. The van der Waals surface area contributed by atoms with Crippen LogP contribution in [0.5, 0.6) is 0 Å². The SMILES string of the molecule is CCc1ccc2oc3cc(C#N)c(N)cc3[n+](=O)c2c1. The Labute approximate surface area is 114 Å². The van der Waals surface area contributed by atoms with Crippen molar-refractivity contribution in [2.75, 3.05) is 5.73 Å². The second-order valence-corrected chi connectivity index (χ2v) is 4.57. The van der Waals surface area contributed by atoms with E-state index in [-0.39, 0.29) is 5.69 Å². The third-order valence-corrected chi connectivity index (χ3v) is 3.34. The Hall–Kier alpha value is -2.87. The molecule has 1 aromatic heterocycles. The summed E-state index contributed by atoms with van der Waals surface area (Å²) in [5.41, 5.74) is 8.98. The number of hydrogen-bond donors (Lipinski definition) is 1. The molecule has 0 aliphatic heterocycles. The lowest BCUT2D eigenvalue weighted by atomic mass is 10.1. The van der Waals surface area contributed by atoms with Gasteiger partial charge in [-0.1, -0.05) is 13.0 Å². The van der Waals surface area contributed by atoms with Gasteiger partial charge in [0.25, 0.3) is 0 Å². The standard InChI is InChI=1S/C15H12N3O2/c1-2-9-3-4-14-12(5-9)18(19)13-7-11(17)10(8-16)6-15(13)20-14/h3-7H,2,17H2,1H3/q+1. The first-order valence-corrected chi connectivity index (χ1v) is 6.25. The molecule has 20 heavy (non-hydrogen) atoms. The second-order valence-electron chi connectivity index (χ2n) is 4.57. The summed E-state index contributed by atoms with van der Waals surface area (Å²) in [6, 6.07) is 10.4. The fourth-order valence-corrected chi connectivity index (χ4v) is 2.20. The van der Waals surface area contributed by atoms with E-state index in [2.05, 4.69) is 0 Å². The average Bonchev–Trinajstić information content (AvgIpc) is 2.47. The van der Waals surface area contributed by atoms with Crippen LogP contribution < -0.4 is 10.2 Å². The van der Waals surface area contributed by atoms with Gasteiger partial charge in [-0.05, 0) is 18.1 Å². The molecule has 0 unspecified atom stereocenters. The van der Waals surface area contributed by atoms with Gasteiger partial charge in [-0.15, -0.1) is 0 Å². The first kappa shape index (κ1) is 12.2. The van der Waals surface area contributed by atoms with Gasteiger partial charge >= 0.3 is 11.0 Å². The summed E-state index contributed by atoms with van der Waals surface area (Å²) in [6.45, 7) is 2.02. The number of aromatic nitrogens is 1. The highest BCUT2D eigenvalue weighted by molar-refractivity contribution is 5.82. The monoisotopic (exact) mass is 266 g/mol. The molecule has 2 N–H and O–H groups in total. The number of aryl methyl sites for hydroxylation is 1. The van der Waals surface area contributed by atoms with Gasteiger partial charge in [-0.25, -0.2) is 0 Å². The van der Waals surface area contributed by atoms with Crippen molar-refractivity contribution in [3.63, 3.8) is 0 Å². The van der Waals surface area contributed by atoms with Gasteiger partial charge in [0, 0.05) is 23.1 Å². The van der Waals surface area contributed by atoms with Crippen LogP contribution in [-0.4, -0.2) is 0 Å². The molecule has 0 fully saturated rings. The summed E-state index contributed by atoms with van der Waals surface area (Å²) in [5, 5.41) is 8.97. The quantitative estimate of drug-likeness (QED) is 0.416. The van der Waals surface area contributed by atoms with Crippen molar-refractivity contribution in [2.45, 2.75) is 13.3 Å². The molecule has 5 nitrogen and oxygen atoms in total. The Morgan fingerprint density at radius 3 is 2.70 bits per heavy atom.